The van der Waals surface area contributed by atoms with E-state index in [0.29, 0.717) is 6.42 Å². The molecule has 4 nitrogen and oxygen atoms in total. The molecule has 118 valence electrons. The third-order valence-corrected chi connectivity index (χ3v) is 5.38. The second kappa shape index (κ2) is 8.13. The van der Waals surface area contributed by atoms with Gasteiger partial charge < -0.3 is 15.1 Å². The Morgan fingerprint density at radius 3 is 2.57 bits per heavy atom. The molecular formula is C15H24ClN3OS. The normalized spacial score (nSPS) is 18.6. The molecule has 1 N–H and O–H groups in total. The highest BCUT2D eigenvalue weighted by Gasteiger charge is 2.17. The lowest BCUT2D eigenvalue weighted by atomic mass is 10.2. The zero-order valence-electron chi connectivity index (χ0n) is 12.8. The summed E-state index contributed by atoms with van der Waals surface area (Å²) in [5.41, 5.74) is 0. The maximum atomic E-state index is 12.0. The number of thiophene rings is 1. The Hall–Kier alpha value is -0.620. The van der Waals surface area contributed by atoms with Crippen LogP contribution in [0.5, 0.6) is 0 Å². The number of nitrogens with zero attached hydrogens (tertiary/aromatic N) is 2. The predicted molar refractivity (Wildman–Crippen MR) is 89.1 cm³/mol. The van der Waals surface area contributed by atoms with Gasteiger partial charge in [0, 0.05) is 44.0 Å². The number of carbonyl (C=O) groups excluding carboxylic acids is 1. The Morgan fingerprint density at radius 2 is 2.00 bits per heavy atom. The van der Waals surface area contributed by atoms with Crippen molar-refractivity contribution >= 4 is 28.8 Å². The quantitative estimate of drug-likeness (QED) is 0.871. The first-order chi connectivity index (χ1) is 10.1. The van der Waals surface area contributed by atoms with Crippen LogP contribution >= 0.6 is 22.9 Å². The van der Waals surface area contributed by atoms with Crippen LogP contribution in [0.2, 0.25) is 4.34 Å². The van der Waals surface area contributed by atoms with Gasteiger partial charge >= 0.3 is 0 Å². The summed E-state index contributed by atoms with van der Waals surface area (Å²) >= 11 is 7.44. The fraction of sp³-hybridized carbons (Fsp3) is 0.667. The number of nitrogens with one attached hydrogen (secondary N) is 1. The first-order valence-corrected chi connectivity index (χ1v) is 8.77. The molecule has 1 amide bonds. The van der Waals surface area contributed by atoms with Crippen LogP contribution in [0.4, 0.5) is 0 Å². The van der Waals surface area contributed by atoms with Crippen LogP contribution < -0.4 is 5.32 Å². The predicted octanol–water partition coefficient (Wildman–Crippen LogP) is 2.61. The molecule has 1 atom stereocenters. The molecular weight excluding hydrogens is 306 g/mol. The zero-order valence-corrected chi connectivity index (χ0v) is 14.3. The lowest BCUT2D eigenvalue weighted by Gasteiger charge is -2.33. The first-order valence-electron chi connectivity index (χ1n) is 7.57. The van der Waals surface area contributed by atoms with E-state index in [1.54, 1.807) is 0 Å². The van der Waals surface area contributed by atoms with E-state index in [9.17, 15) is 4.79 Å². The topological polar surface area (TPSA) is 35.6 Å². The van der Waals surface area contributed by atoms with Gasteiger partial charge in [-0.25, -0.2) is 0 Å². The monoisotopic (exact) mass is 329 g/mol. The highest BCUT2D eigenvalue weighted by atomic mass is 35.5. The van der Waals surface area contributed by atoms with Gasteiger partial charge in [-0.1, -0.05) is 18.5 Å². The minimum atomic E-state index is 0.0342. The second-order valence-electron chi connectivity index (χ2n) is 5.46. The van der Waals surface area contributed by atoms with E-state index in [1.165, 1.54) is 11.3 Å². The van der Waals surface area contributed by atoms with E-state index >= 15 is 0 Å². The molecule has 0 radical (unpaired) electrons. The van der Waals surface area contributed by atoms with E-state index in [0.717, 1.165) is 48.5 Å². The average Bonchev–Trinajstić information content (AvgIpc) is 2.92. The molecule has 6 heteroatoms. The highest BCUT2D eigenvalue weighted by Crippen LogP contribution is 2.26. The number of rotatable bonds is 6. The summed E-state index contributed by atoms with van der Waals surface area (Å²) in [5, 5.41) is 3.04. The molecule has 2 rings (SSSR count). The number of piperazine rings is 1. The number of halogens is 1. The molecule has 1 aromatic rings. The summed E-state index contributed by atoms with van der Waals surface area (Å²) in [6, 6.07) is 3.88. The molecule has 0 bridgehead atoms. The van der Waals surface area contributed by atoms with Gasteiger partial charge in [0.15, 0.2) is 0 Å². The number of amides is 1. The fourth-order valence-corrected chi connectivity index (χ4v) is 3.60. The average molecular weight is 330 g/mol. The zero-order chi connectivity index (χ0) is 15.2. The molecule has 1 fully saturated rings. The second-order valence-corrected chi connectivity index (χ2v) is 7.20. The minimum Gasteiger partial charge on any atom is -0.349 e. The maximum Gasteiger partial charge on any atom is 0.221 e. The molecule has 0 aliphatic carbocycles. The maximum absolute atomic E-state index is 12.0. The van der Waals surface area contributed by atoms with Crippen molar-refractivity contribution in [3.63, 3.8) is 0 Å². The number of carbonyl (C=O) groups is 1. The van der Waals surface area contributed by atoms with Crippen LogP contribution in [0.15, 0.2) is 12.1 Å². The standard InChI is InChI=1S/C15H24ClN3OS/c1-3-18-8-10-19(11-9-18)7-6-15(20)17-12(2)13-4-5-14(16)21-13/h4-5,12H,3,6-11H2,1-2H3,(H,17,20)/t12-/m0/s1. The summed E-state index contributed by atoms with van der Waals surface area (Å²) in [5.74, 6) is 0.116. The summed E-state index contributed by atoms with van der Waals surface area (Å²) in [6.07, 6.45) is 0.565. The third-order valence-electron chi connectivity index (χ3n) is 3.97. The molecule has 0 saturated carbocycles. The van der Waals surface area contributed by atoms with Crippen LogP contribution in [-0.2, 0) is 4.79 Å². The van der Waals surface area contributed by atoms with Gasteiger partial charge in [-0.3, -0.25) is 4.79 Å². The van der Waals surface area contributed by atoms with Crippen LogP contribution in [0.25, 0.3) is 0 Å². The lowest BCUT2D eigenvalue weighted by Crippen LogP contribution is -2.47. The number of hydrogen-bond acceptors (Lipinski definition) is 4. The summed E-state index contributed by atoms with van der Waals surface area (Å²) in [7, 11) is 0. The van der Waals surface area contributed by atoms with Crippen molar-refractivity contribution in [1.82, 2.24) is 15.1 Å². The molecule has 1 saturated heterocycles. The molecule has 0 aromatic carbocycles. The van der Waals surface area contributed by atoms with Gasteiger partial charge in [0.05, 0.1) is 10.4 Å². The van der Waals surface area contributed by atoms with Crippen LogP contribution in [0.3, 0.4) is 0 Å². The van der Waals surface area contributed by atoms with E-state index < -0.39 is 0 Å². The van der Waals surface area contributed by atoms with Gasteiger partial charge in [0.1, 0.15) is 0 Å². The molecule has 1 aliphatic rings. The molecule has 0 unspecified atom stereocenters. The van der Waals surface area contributed by atoms with Gasteiger partial charge in [-0.2, -0.15) is 0 Å². The van der Waals surface area contributed by atoms with E-state index in [-0.39, 0.29) is 11.9 Å². The van der Waals surface area contributed by atoms with Crippen LogP contribution in [0, 0.1) is 0 Å². The molecule has 2 heterocycles. The molecule has 0 spiro atoms. The van der Waals surface area contributed by atoms with Crippen molar-refractivity contribution in [2.24, 2.45) is 0 Å². The van der Waals surface area contributed by atoms with Crippen molar-refractivity contribution in [2.45, 2.75) is 26.3 Å². The van der Waals surface area contributed by atoms with Gasteiger partial charge in [0.2, 0.25) is 5.91 Å². The number of hydrogen-bond donors (Lipinski definition) is 1. The van der Waals surface area contributed by atoms with Crippen molar-refractivity contribution in [1.29, 1.82) is 0 Å². The smallest absolute Gasteiger partial charge is 0.221 e. The summed E-state index contributed by atoms with van der Waals surface area (Å²) in [4.78, 5) is 17.9. The van der Waals surface area contributed by atoms with E-state index in [2.05, 4.69) is 22.0 Å². The van der Waals surface area contributed by atoms with Crippen LogP contribution in [0.1, 0.15) is 31.2 Å². The van der Waals surface area contributed by atoms with Gasteiger partial charge in [0.25, 0.3) is 0 Å². The summed E-state index contributed by atoms with van der Waals surface area (Å²) < 4.78 is 0.764. The Labute approximate surface area is 136 Å². The van der Waals surface area contributed by atoms with Gasteiger partial charge in [-0.05, 0) is 25.6 Å². The largest absolute Gasteiger partial charge is 0.349 e. The Kier molecular flexibility index (Phi) is 6.48. The Morgan fingerprint density at radius 1 is 1.33 bits per heavy atom. The molecule has 1 aliphatic heterocycles. The Balaban J connectivity index is 1.68. The Bertz CT molecular complexity index is 458. The SMILES string of the molecule is CCN1CCN(CCC(=O)N[C@@H](C)c2ccc(Cl)s2)CC1. The fourth-order valence-electron chi connectivity index (χ4n) is 2.53. The first kappa shape index (κ1) is 16.7. The van der Waals surface area contributed by atoms with Crippen molar-refractivity contribution in [3.05, 3.63) is 21.3 Å². The highest BCUT2D eigenvalue weighted by molar-refractivity contribution is 7.16. The third kappa shape index (κ3) is 5.25. The van der Waals surface area contributed by atoms with E-state index in [1.807, 2.05) is 19.1 Å². The van der Waals surface area contributed by atoms with Crippen LogP contribution in [-0.4, -0.2) is 55.0 Å². The summed E-state index contributed by atoms with van der Waals surface area (Å²) in [6.45, 7) is 10.5. The minimum absolute atomic E-state index is 0.0342. The van der Waals surface area contributed by atoms with Crippen molar-refractivity contribution < 1.29 is 4.79 Å². The van der Waals surface area contributed by atoms with E-state index in [4.69, 9.17) is 11.6 Å². The van der Waals surface area contributed by atoms with Crippen molar-refractivity contribution in [3.8, 4) is 0 Å². The van der Waals surface area contributed by atoms with Crippen molar-refractivity contribution in [2.75, 3.05) is 39.3 Å². The number of likely N-dealkylation sites (N-methyl/N-ethyl adjacent to an activating group) is 1. The lowest BCUT2D eigenvalue weighted by molar-refractivity contribution is -0.122. The van der Waals surface area contributed by atoms with Gasteiger partial charge in [-0.15, -0.1) is 11.3 Å². The molecule has 21 heavy (non-hydrogen) atoms. The molecule has 1 aromatic heterocycles.